The van der Waals surface area contributed by atoms with E-state index in [0.717, 1.165) is 31.1 Å². The molecule has 4 aliphatic heterocycles. The molecular weight excluding hydrogens is 773 g/mol. The summed E-state index contributed by atoms with van der Waals surface area (Å²) >= 11 is 0. The van der Waals surface area contributed by atoms with Gasteiger partial charge in [0.1, 0.15) is 18.5 Å². The summed E-state index contributed by atoms with van der Waals surface area (Å²) in [5.41, 5.74) is 1.84. The van der Waals surface area contributed by atoms with Gasteiger partial charge in [-0.2, -0.15) is 0 Å². The van der Waals surface area contributed by atoms with Gasteiger partial charge in [0.15, 0.2) is 0 Å². The van der Waals surface area contributed by atoms with E-state index in [1.165, 1.54) is 12.2 Å². The number of aldehydes is 1. The Balaban J connectivity index is 0.000000320. The van der Waals surface area contributed by atoms with Gasteiger partial charge in [-0.15, -0.1) is 0 Å². The molecule has 4 amide bonds. The summed E-state index contributed by atoms with van der Waals surface area (Å²) in [6.45, 7) is 23.3. The maximum Gasteiger partial charge on any atom is 0.410 e. The lowest BCUT2D eigenvalue weighted by atomic mass is 9.88. The molecule has 15 nitrogen and oxygen atoms in total. The van der Waals surface area contributed by atoms with Crippen molar-refractivity contribution in [2.75, 3.05) is 52.6 Å². The summed E-state index contributed by atoms with van der Waals surface area (Å²) in [4.78, 5) is 62.8. The number of morpholine rings is 2. The van der Waals surface area contributed by atoms with Crippen molar-refractivity contribution in [1.82, 2.24) is 20.4 Å². The van der Waals surface area contributed by atoms with Crippen molar-refractivity contribution >= 4 is 30.3 Å². The number of nitrogens with zero attached hydrogens (tertiary/aromatic N) is 2. The van der Waals surface area contributed by atoms with Crippen LogP contribution in [0.5, 0.6) is 0 Å². The number of hydrogen-bond acceptors (Lipinski definition) is 11. The van der Waals surface area contributed by atoms with Gasteiger partial charge in [0, 0.05) is 38.3 Å². The zero-order chi connectivity index (χ0) is 44.2. The summed E-state index contributed by atoms with van der Waals surface area (Å²) in [6.07, 6.45) is 14.0. The second-order valence-electron chi connectivity index (χ2n) is 16.2. The van der Waals surface area contributed by atoms with Gasteiger partial charge >= 0.3 is 12.2 Å². The maximum absolute atomic E-state index is 12.3. The normalized spacial score (nSPS) is 28.8. The molecule has 4 heterocycles. The van der Waals surface area contributed by atoms with E-state index in [9.17, 15) is 24.0 Å². The molecule has 4 fully saturated rings. The van der Waals surface area contributed by atoms with Crippen molar-refractivity contribution < 1.29 is 52.4 Å². The van der Waals surface area contributed by atoms with Gasteiger partial charge in [-0.3, -0.25) is 14.4 Å². The molecule has 336 valence electrons. The second kappa shape index (κ2) is 26.1. The van der Waals surface area contributed by atoms with E-state index in [0.29, 0.717) is 70.5 Å². The first-order chi connectivity index (χ1) is 28.6. The summed E-state index contributed by atoms with van der Waals surface area (Å²) < 4.78 is 33.4. The monoisotopic (exact) mass is 843 g/mol. The highest BCUT2D eigenvalue weighted by Crippen LogP contribution is 2.29. The molecule has 2 N–H and O–H groups in total. The molecule has 0 aromatic carbocycles. The first-order valence-corrected chi connectivity index (χ1v) is 21.4. The highest BCUT2D eigenvalue weighted by molar-refractivity contribution is 5.88. The van der Waals surface area contributed by atoms with Gasteiger partial charge in [-0.1, -0.05) is 44.2 Å². The van der Waals surface area contributed by atoms with E-state index in [-0.39, 0.29) is 60.3 Å². The van der Waals surface area contributed by atoms with Crippen LogP contribution < -0.4 is 10.6 Å². The third-order valence-electron chi connectivity index (χ3n) is 11.1. The summed E-state index contributed by atoms with van der Waals surface area (Å²) in [6, 6.07) is -0.153. The molecule has 4 aliphatic rings. The minimum Gasteiger partial charge on any atom is -0.442 e. The maximum atomic E-state index is 12.3. The van der Waals surface area contributed by atoms with Gasteiger partial charge in [0.2, 0.25) is 11.8 Å². The molecular formula is C45H70N4O11. The fraction of sp³-hybridized carbons (Fsp3) is 0.667. The van der Waals surface area contributed by atoms with Gasteiger partial charge in [0.25, 0.3) is 0 Å². The number of rotatable bonds is 14. The van der Waals surface area contributed by atoms with Crippen molar-refractivity contribution in [1.29, 1.82) is 0 Å². The SMILES string of the molecule is C/C(C=O)=C\C[C@@H]1O[C@H](C)[C@H](NC(=O)/C=C\[C@H](C)OC(=O)N2CCOCC2)C[C@@H]1C.C=C/C(C)=C/C[C@@H]1O[C@H](C)[C@H](NC(=O)/C=C\[C@H](C)OC(=O)N2CCOCC2)C[C@@H]1C. The lowest BCUT2D eigenvalue weighted by Gasteiger charge is -2.39. The lowest BCUT2D eigenvalue weighted by molar-refractivity contribution is -0.124. The van der Waals surface area contributed by atoms with Gasteiger partial charge in [-0.25, -0.2) is 9.59 Å². The largest absolute Gasteiger partial charge is 0.442 e. The van der Waals surface area contributed by atoms with Gasteiger partial charge < -0.3 is 48.9 Å². The average Bonchev–Trinajstić information content (AvgIpc) is 3.24. The third kappa shape index (κ3) is 17.7. The number of ether oxygens (including phenoxy) is 6. The van der Waals surface area contributed by atoms with E-state index in [1.54, 1.807) is 42.7 Å². The molecule has 0 unspecified atom stereocenters. The van der Waals surface area contributed by atoms with Crippen molar-refractivity contribution in [2.45, 2.75) is 130 Å². The standard InChI is InChI=1S/C23H36N2O5.C22H34N2O6/c1-6-16(2)7-9-21-17(3)15-20(19(5)30-21)24-22(26)10-8-18(4)29-23(27)25-11-13-28-14-12-25;1-15(14-25)5-7-20-16(2)13-19(18(4)30-20)23-21(26)8-6-17(3)29-22(27)24-9-11-28-12-10-24/h6-8,10,17-21H,1,9,11-15H2,2-5H3,(H,24,26);5-6,8,14,16-20H,7,9-13H2,1-4H3,(H,23,26)/b10-8-,16-7+;8-6-,15-5+/t17-,18-,19+,20+,21-;16-,17-,18+,19+,20-/m00/s1. The van der Waals surface area contributed by atoms with Crippen LogP contribution in [0.1, 0.15) is 81.1 Å². The number of hydrogen-bond donors (Lipinski definition) is 2. The summed E-state index contributed by atoms with van der Waals surface area (Å²) in [5, 5.41) is 6.00. The molecule has 0 aromatic heterocycles. The summed E-state index contributed by atoms with van der Waals surface area (Å²) in [7, 11) is 0. The minimum absolute atomic E-state index is 0.0261. The Kier molecular flexibility index (Phi) is 21.8. The van der Waals surface area contributed by atoms with Crippen molar-refractivity contribution in [3.63, 3.8) is 0 Å². The predicted octanol–water partition coefficient (Wildman–Crippen LogP) is 5.45. The molecule has 0 spiro atoms. The average molecular weight is 843 g/mol. The smallest absolute Gasteiger partial charge is 0.410 e. The Morgan fingerprint density at radius 1 is 0.683 bits per heavy atom. The van der Waals surface area contributed by atoms with Crippen LogP contribution in [0.2, 0.25) is 0 Å². The van der Waals surface area contributed by atoms with Crippen molar-refractivity contribution in [3.8, 4) is 0 Å². The van der Waals surface area contributed by atoms with Gasteiger partial charge in [-0.05, 0) is 96.8 Å². The van der Waals surface area contributed by atoms with E-state index in [2.05, 4.69) is 37.1 Å². The second-order valence-corrected chi connectivity index (χ2v) is 16.2. The first kappa shape index (κ1) is 50.0. The zero-order valence-corrected chi connectivity index (χ0v) is 37.0. The predicted molar refractivity (Wildman–Crippen MR) is 228 cm³/mol. The Morgan fingerprint density at radius 3 is 1.43 bits per heavy atom. The Bertz CT molecular complexity index is 1420. The molecule has 0 bridgehead atoms. The number of allylic oxidation sites excluding steroid dienone is 3. The third-order valence-corrected chi connectivity index (χ3v) is 11.1. The van der Waals surface area contributed by atoms with E-state index in [1.807, 2.05) is 32.9 Å². The van der Waals surface area contributed by atoms with Crippen LogP contribution in [0.4, 0.5) is 9.59 Å². The molecule has 0 saturated carbocycles. The first-order valence-electron chi connectivity index (χ1n) is 21.4. The quantitative estimate of drug-likeness (QED) is 0.129. The highest BCUT2D eigenvalue weighted by Gasteiger charge is 2.35. The topological polar surface area (TPSA) is 171 Å². The Morgan fingerprint density at radius 2 is 1.07 bits per heavy atom. The molecule has 0 aliphatic carbocycles. The zero-order valence-electron chi connectivity index (χ0n) is 37.0. The molecule has 0 radical (unpaired) electrons. The number of carbonyl (C=O) groups excluding carboxylic acids is 5. The van der Waals surface area contributed by atoms with E-state index >= 15 is 0 Å². The van der Waals surface area contributed by atoms with Crippen LogP contribution in [-0.4, -0.2) is 141 Å². The Hall–Kier alpha value is -4.31. The van der Waals surface area contributed by atoms with Crippen LogP contribution in [0.3, 0.4) is 0 Å². The number of carbonyl (C=O) groups is 5. The van der Waals surface area contributed by atoms with E-state index < -0.39 is 18.3 Å². The van der Waals surface area contributed by atoms with Crippen LogP contribution in [0, 0.1) is 11.8 Å². The summed E-state index contributed by atoms with van der Waals surface area (Å²) in [5.74, 6) is 0.127. The van der Waals surface area contributed by atoms with Crippen molar-refractivity contribution in [2.24, 2.45) is 11.8 Å². The molecule has 4 saturated heterocycles. The molecule has 60 heavy (non-hydrogen) atoms. The Labute approximate surface area is 356 Å². The fourth-order valence-electron chi connectivity index (χ4n) is 7.11. The van der Waals surface area contributed by atoms with Gasteiger partial charge in [0.05, 0.1) is 62.9 Å². The number of amides is 4. The van der Waals surface area contributed by atoms with Crippen LogP contribution in [0.25, 0.3) is 0 Å². The molecule has 10 atom stereocenters. The van der Waals surface area contributed by atoms with Crippen LogP contribution in [0.15, 0.2) is 60.3 Å². The highest BCUT2D eigenvalue weighted by atomic mass is 16.6. The lowest BCUT2D eigenvalue weighted by Crippen LogP contribution is -2.50. The number of nitrogens with one attached hydrogen (secondary N) is 2. The molecule has 15 heteroatoms. The van der Waals surface area contributed by atoms with Crippen LogP contribution >= 0.6 is 0 Å². The van der Waals surface area contributed by atoms with Crippen LogP contribution in [-0.2, 0) is 42.8 Å². The van der Waals surface area contributed by atoms with Crippen molar-refractivity contribution in [3.05, 3.63) is 60.3 Å². The minimum atomic E-state index is -0.512. The molecule has 0 aromatic rings. The fourth-order valence-corrected chi connectivity index (χ4v) is 7.11. The molecule has 4 rings (SSSR count). The van der Waals surface area contributed by atoms with E-state index in [4.69, 9.17) is 28.4 Å².